The molecule has 1 heterocycles. The van der Waals surface area contributed by atoms with Crippen molar-refractivity contribution in [3.8, 4) is 12.3 Å². The Labute approximate surface area is 98.3 Å². The molecule has 0 saturated heterocycles. The molecule has 0 unspecified atom stereocenters. The van der Waals surface area contributed by atoms with Crippen molar-refractivity contribution >= 4 is 11.9 Å². The van der Waals surface area contributed by atoms with Crippen molar-refractivity contribution in [2.45, 2.75) is 13.8 Å². The number of rotatable bonds is 4. The first kappa shape index (κ1) is 12.8. The van der Waals surface area contributed by atoms with Crippen LogP contribution in [0, 0.1) is 26.2 Å². The highest BCUT2D eigenvalue weighted by Gasteiger charge is 2.19. The number of carbonyl (C=O) groups is 2. The zero-order valence-corrected chi connectivity index (χ0v) is 9.57. The summed E-state index contributed by atoms with van der Waals surface area (Å²) >= 11 is 0. The van der Waals surface area contributed by atoms with E-state index in [0.717, 1.165) is 0 Å². The standard InChI is InChI=1S/C11H12N2O4/c1-4-5-12-9(14)6-16-11(15)10-7(2)13-17-8(10)3/h1H,5-6H2,2-3H3,(H,12,14). The highest BCUT2D eigenvalue weighted by molar-refractivity contribution is 5.93. The number of carbonyl (C=O) groups excluding carboxylic acids is 2. The first-order valence-electron chi connectivity index (χ1n) is 4.86. The molecule has 1 amide bonds. The van der Waals surface area contributed by atoms with Gasteiger partial charge in [-0.15, -0.1) is 6.42 Å². The van der Waals surface area contributed by atoms with Crippen LogP contribution in [-0.2, 0) is 9.53 Å². The molecule has 0 radical (unpaired) electrons. The maximum atomic E-state index is 11.6. The Morgan fingerprint density at radius 1 is 1.53 bits per heavy atom. The van der Waals surface area contributed by atoms with E-state index in [-0.39, 0.29) is 18.7 Å². The van der Waals surface area contributed by atoms with E-state index in [0.29, 0.717) is 11.5 Å². The molecule has 0 aliphatic rings. The van der Waals surface area contributed by atoms with Crippen molar-refractivity contribution in [2.24, 2.45) is 0 Å². The van der Waals surface area contributed by atoms with Crippen LogP contribution in [0.25, 0.3) is 0 Å². The topological polar surface area (TPSA) is 81.4 Å². The van der Waals surface area contributed by atoms with Crippen LogP contribution in [0.3, 0.4) is 0 Å². The van der Waals surface area contributed by atoms with Gasteiger partial charge >= 0.3 is 5.97 Å². The Kier molecular flexibility index (Phi) is 4.29. The van der Waals surface area contributed by atoms with E-state index in [1.54, 1.807) is 13.8 Å². The van der Waals surface area contributed by atoms with Gasteiger partial charge in [-0.2, -0.15) is 0 Å². The minimum atomic E-state index is -0.642. The fourth-order valence-corrected chi connectivity index (χ4v) is 1.18. The normalized spacial score (nSPS) is 9.47. The molecule has 0 aliphatic heterocycles. The van der Waals surface area contributed by atoms with E-state index in [2.05, 4.69) is 16.4 Å². The predicted octanol–water partition coefficient (Wildman–Crippen LogP) is 0.198. The minimum Gasteiger partial charge on any atom is -0.452 e. The third kappa shape index (κ3) is 3.34. The fraction of sp³-hybridized carbons (Fsp3) is 0.364. The fourth-order valence-electron chi connectivity index (χ4n) is 1.18. The second-order valence-corrected chi connectivity index (χ2v) is 3.26. The molecule has 1 rings (SSSR count). The van der Waals surface area contributed by atoms with E-state index in [4.69, 9.17) is 15.7 Å². The summed E-state index contributed by atoms with van der Waals surface area (Å²) in [5.41, 5.74) is 0.672. The smallest absolute Gasteiger partial charge is 0.344 e. The Morgan fingerprint density at radius 2 is 2.24 bits per heavy atom. The third-order valence-electron chi connectivity index (χ3n) is 1.96. The summed E-state index contributed by atoms with van der Waals surface area (Å²) in [5.74, 6) is 1.50. The average Bonchev–Trinajstić information content (AvgIpc) is 2.63. The van der Waals surface area contributed by atoms with E-state index in [9.17, 15) is 9.59 Å². The van der Waals surface area contributed by atoms with E-state index >= 15 is 0 Å². The maximum absolute atomic E-state index is 11.6. The molecule has 0 bridgehead atoms. The highest BCUT2D eigenvalue weighted by atomic mass is 16.5. The van der Waals surface area contributed by atoms with E-state index in [1.165, 1.54) is 0 Å². The number of hydrogen-bond acceptors (Lipinski definition) is 5. The third-order valence-corrected chi connectivity index (χ3v) is 1.96. The van der Waals surface area contributed by atoms with Crippen molar-refractivity contribution < 1.29 is 18.8 Å². The second kappa shape index (κ2) is 5.70. The van der Waals surface area contributed by atoms with Crippen molar-refractivity contribution in [3.63, 3.8) is 0 Å². The number of aromatic nitrogens is 1. The van der Waals surface area contributed by atoms with Crippen LogP contribution in [0.15, 0.2) is 4.52 Å². The summed E-state index contributed by atoms with van der Waals surface area (Å²) in [6.45, 7) is 2.92. The lowest BCUT2D eigenvalue weighted by Gasteiger charge is -2.03. The van der Waals surface area contributed by atoms with Crippen LogP contribution in [0.2, 0.25) is 0 Å². The summed E-state index contributed by atoms with van der Waals surface area (Å²) in [4.78, 5) is 22.7. The van der Waals surface area contributed by atoms with Gasteiger partial charge in [0.25, 0.3) is 5.91 Å². The quantitative estimate of drug-likeness (QED) is 0.596. The molecule has 6 nitrogen and oxygen atoms in total. The van der Waals surface area contributed by atoms with Crippen LogP contribution in [0.5, 0.6) is 0 Å². The minimum absolute atomic E-state index is 0.0989. The zero-order valence-electron chi connectivity index (χ0n) is 9.57. The van der Waals surface area contributed by atoms with Gasteiger partial charge in [-0.1, -0.05) is 11.1 Å². The van der Waals surface area contributed by atoms with Gasteiger partial charge in [0.15, 0.2) is 6.61 Å². The van der Waals surface area contributed by atoms with E-state index < -0.39 is 11.9 Å². The second-order valence-electron chi connectivity index (χ2n) is 3.26. The van der Waals surface area contributed by atoms with Gasteiger partial charge in [0.2, 0.25) is 0 Å². The first-order valence-corrected chi connectivity index (χ1v) is 4.86. The lowest BCUT2D eigenvalue weighted by Crippen LogP contribution is -2.29. The van der Waals surface area contributed by atoms with Crippen LogP contribution in [0.1, 0.15) is 21.8 Å². The predicted molar refractivity (Wildman–Crippen MR) is 58.1 cm³/mol. The molecule has 0 spiro atoms. The van der Waals surface area contributed by atoms with Crippen molar-refractivity contribution in [1.29, 1.82) is 0 Å². The Morgan fingerprint density at radius 3 is 2.76 bits per heavy atom. The Bertz CT molecular complexity index is 451. The molecular weight excluding hydrogens is 224 g/mol. The lowest BCUT2D eigenvalue weighted by molar-refractivity contribution is -0.123. The van der Waals surface area contributed by atoms with Crippen LogP contribution >= 0.6 is 0 Å². The molecular formula is C11H12N2O4. The van der Waals surface area contributed by atoms with Gasteiger partial charge in [0, 0.05) is 0 Å². The van der Waals surface area contributed by atoms with Crippen LogP contribution < -0.4 is 5.32 Å². The van der Waals surface area contributed by atoms with Gasteiger partial charge in [-0.25, -0.2) is 4.79 Å². The summed E-state index contributed by atoms with van der Waals surface area (Å²) in [6.07, 6.45) is 4.96. The summed E-state index contributed by atoms with van der Waals surface area (Å²) in [7, 11) is 0. The molecule has 6 heteroatoms. The zero-order chi connectivity index (χ0) is 12.8. The Hall–Kier alpha value is -2.29. The first-order chi connectivity index (χ1) is 8.06. The van der Waals surface area contributed by atoms with Crippen molar-refractivity contribution in [3.05, 3.63) is 17.0 Å². The number of ether oxygens (including phenoxy) is 1. The lowest BCUT2D eigenvalue weighted by atomic mass is 10.2. The molecule has 0 fully saturated rings. The summed E-state index contributed by atoms with van der Waals surface area (Å²) < 4.78 is 9.60. The maximum Gasteiger partial charge on any atom is 0.344 e. The van der Waals surface area contributed by atoms with Gasteiger partial charge in [-0.05, 0) is 13.8 Å². The summed E-state index contributed by atoms with van der Waals surface area (Å²) in [5, 5.41) is 5.98. The molecule has 0 aliphatic carbocycles. The molecule has 1 aromatic rings. The molecule has 1 N–H and O–H groups in total. The highest BCUT2D eigenvalue weighted by Crippen LogP contribution is 2.13. The SMILES string of the molecule is C#CCNC(=O)COC(=O)c1c(C)noc1C. The average molecular weight is 236 g/mol. The van der Waals surface area contributed by atoms with Gasteiger partial charge in [0.1, 0.15) is 11.3 Å². The molecule has 90 valence electrons. The largest absolute Gasteiger partial charge is 0.452 e. The number of amides is 1. The Balaban J connectivity index is 2.51. The molecule has 17 heavy (non-hydrogen) atoms. The number of esters is 1. The molecule has 1 aromatic heterocycles. The van der Waals surface area contributed by atoms with Crippen LogP contribution in [-0.4, -0.2) is 30.2 Å². The van der Waals surface area contributed by atoms with Crippen LogP contribution in [0.4, 0.5) is 0 Å². The van der Waals surface area contributed by atoms with Gasteiger partial charge < -0.3 is 14.6 Å². The number of nitrogens with one attached hydrogen (secondary N) is 1. The summed E-state index contributed by atoms with van der Waals surface area (Å²) in [6, 6.07) is 0. The monoisotopic (exact) mass is 236 g/mol. The van der Waals surface area contributed by atoms with Gasteiger partial charge in [-0.3, -0.25) is 4.79 Å². The van der Waals surface area contributed by atoms with Gasteiger partial charge in [0.05, 0.1) is 12.2 Å². The number of nitrogens with zero attached hydrogens (tertiary/aromatic N) is 1. The van der Waals surface area contributed by atoms with Crippen molar-refractivity contribution in [2.75, 3.05) is 13.2 Å². The molecule has 0 atom stereocenters. The molecule has 0 aromatic carbocycles. The number of terminal acetylenes is 1. The van der Waals surface area contributed by atoms with E-state index in [1.807, 2.05) is 0 Å². The molecule has 0 saturated carbocycles. The number of aryl methyl sites for hydroxylation is 2. The number of hydrogen-bond donors (Lipinski definition) is 1. The van der Waals surface area contributed by atoms with Crippen molar-refractivity contribution in [1.82, 2.24) is 10.5 Å².